The van der Waals surface area contributed by atoms with Crippen LogP contribution in [0.15, 0.2) is 28.8 Å². The van der Waals surface area contributed by atoms with Crippen LogP contribution in [0.4, 0.5) is 0 Å². The van der Waals surface area contributed by atoms with Crippen molar-refractivity contribution >= 4 is 46.8 Å². The Morgan fingerprint density at radius 3 is 2.88 bits per heavy atom. The number of amides is 1. The summed E-state index contributed by atoms with van der Waals surface area (Å²) in [5.74, 6) is -1.07. The van der Waals surface area contributed by atoms with Gasteiger partial charge < -0.3 is 10.1 Å². The molecule has 1 atom stereocenters. The van der Waals surface area contributed by atoms with Gasteiger partial charge in [-0.05, 0) is 24.1 Å². The summed E-state index contributed by atoms with van der Waals surface area (Å²) < 4.78 is 5.10. The van der Waals surface area contributed by atoms with E-state index in [1.54, 1.807) is 18.2 Å². The summed E-state index contributed by atoms with van der Waals surface area (Å²) in [4.78, 5) is 23.9. The van der Waals surface area contributed by atoms with Crippen LogP contribution in [0, 0.1) is 11.3 Å². The van der Waals surface area contributed by atoms with Crippen LogP contribution < -0.4 is 5.32 Å². The molecule has 0 spiro atoms. The van der Waals surface area contributed by atoms with Crippen molar-refractivity contribution in [1.82, 2.24) is 5.32 Å². The molecule has 8 heteroatoms. The fraction of sp³-hybridized carbons (Fsp3) is 0.389. The van der Waals surface area contributed by atoms with E-state index in [2.05, 4.69) is 11.4 Å². The van der Waals surface area contributed by atoms with Crippen molar-refractivity contribution in [2.24, 2.45) is 0 Å². The van der Waals surface area contributed by atoms with Crippen LogP contribution in [0.5, 0.6) is 0 Å². The van der Waals surface area contributed by atoms with Gasteiger partial charge in [0.15, 0.2) is 0 Å². The van der Waals surface area contributed by atoms with Gasteiger partial charge in [0.05, 0.1) is 29.0 Å². The summed E-state index contributed by atoms with van der Waals surface area (Å²) in [7, 11) is 0. The average Bonchev–Trinajstić information content (AvgIpc) is 2.59. The Hall–Kier alpha value is -1.68. The first-order valence-electron chi connectivity index (χ1n) is 8.13. The van der Waals surface area contributed by atoms with Crippen LogP contribution in [0.3, 0.4) is 0 Å². The molecule has 1 aliphatic heterocycles. The molecule has 0 unspecified atom stereocenters. The molecule has 0 aliphatic carbocycles. The van der Waals surface area contributed by atoms with E-state index >= 15 is 0 Å². The fourth-order valence-electron chi connectivity index (χ4n) is 2.49. The molecule has 1 heterocycles. The number of unbranched alkanes of at least 4 members (excludes halogenated alkanes) is 1. The Labute approximate surface area is 166 Å². The maximum atomic E-state index is 12.1. The van der Waals surface area contributed by atoms with Crippen molar-refractivity contribution in [3.8, 4) is 6.07 Å². The average molecular weight is 413 g/mol. The Morgan fingerprint density at radius 2 is 2.23 bits per heavy atom. The molecule has 1 aromatic carbocycles. The normalized spacial score (nSPS) is 16.8. The van der Waals surface area contributed by atoms with E-state index < -0.39 is 5.92 Å². The van der Waals surface area contributed by atoms with E-state index in [1.165, 1.54) is 0 Å². The predicted octanol–water partition coefficient (Wildman–Crippen LogP) is 4.41. The lowest BCUT2D eigenvalue weighted by atomic mass is 9.87. The number of benzene rings is 1. The van der Waals surface area contributed by atoms with Crippen molar-refractivity contribution in [1.29, 1.82) is 5.26 Å². The zero-order chi connectivity index (χ0) is 19.1. The summed E-state index contributed by atoms with van der Waals surface area (Å²) >= 11 is 13.3. The van der Waals surface area contributed by atoms with Crippen molar-refractivity contribution in [3.63, 3.8) is 0 Å². The van der Waals surface area contributed by atoms with Crippen LogP contribution in [0.2, 0.25) is 10.0 Å². The Kier molecular flexibility index (Phi) is 7.83. The number of esters is 1. The third-order valence-corrected chi connectivity index (χ3v) is 5.34. The number of hydrogen-bond donors (Lipinski definition) is 1. The molecule has 1 amide bonds. The van der Waals surface area contributed by atoms with Crippen molar-refractivity contribution in [3.05, 3.63) is 44.4 Å². The smallest absolute Gasteiger partial charge is 0.316 e. The zero-order valence-corrected chi connectivity index (χ0v) is 16.5. The summed E-state index contributed by atoms with van der Waals surface area (Å²) in [6.07, 6.45) is 1.84. The molecule has 1 aliphatic rings. The molecule has 0 fully saturated rings. The second-order valence-corrected chi connectivity index (χ2v) is 7.52. The number of ether oxygens (including phenoxy) is 1. The molecular weight excluding hydrogens is 395 g/mol. The molecular formula is C18H18Cl2N2O3S. The van der Waals surface area contributed by atoms with Crippen molar-refractivity contribution < 1.29 is 14.3 Å². The number of allylic oxidation sites excluding steroid dienone is 1. The number of halogens is 2. The molecule has 1 N–H and O–H groups in total. The third kappa shape index (κ3) is 5.41. The molecule has 26 heavy (non-hydrogen) atoms. The number of rotatable bonds is 7. The number of nitrogens with zero attached hydrogens (tertiary/aromatic N) is 1. The largest absolute Gasteiger partial charge is 0.465 e. The van der Waals surface area contributed by atoms with Crippen LogP contribution in [0.1, 0.15) is 37.7 Å². The molecule has 5 nitrogen and oxygen atoms in total. The number of thioether (sulfide) groups is 1. The predicted molar refractivity (Wildman–Crippen MR) is 103 cm³/mol. The van der Waals surface area contributed by atoms with Gasteiger partial charge in [-0.2, -0.15) is 5.26 Å². The minimum absolute atomic E-state index is 0.0194. The lowest BCUT2D eigenvalue weighted by Gasteiger charge is -2.25. The van der Waals surface area contributed by atoms with Gasteiger partial charge in [-0.15, -0.1) is 0 Å². The number of nitriles is 1. The van der Waals surface area contributed by atoms with E-state index in [9.17, 15) is 14.9 Å². The molecule has 138 valence electrons. The maximum absolute atomic E-state index is 12.1. The highest BCUT2D eigenvalue weighted by atomic mass is 35.5. The Bertz CT molecular complexity index is 774. The fourth-order valence-corrected chi connectivity index (χ4v) is 3.90. The molecule has 0 saturated carbocycles. The molecule has 0 saturated heterocycles. The number of nitrogens with one attached hydrogen (secondary N) is 1. The first-order valence-corrected chi connectivity index (χ1v) is 9.87. The molecule has 0 radical (unpaired) electrons. The van der Waals surface area contributed by atoms with Crippen LogP contribution >= 0.6 is 35.0 Å². The van der Waals surface area contributed by atoms with Gasteiger partial charge in [0, 0.05) is 22.4 Å². The number of carbonyl (C=O) groups is 2. The monoisotopic (exact) mass is 412 g/mol. The number of carbonyl (C=O) groups excluding carboxylic acids is 2. The van der Waals surface area contributed by atoms with Crippen LogP contribution in [-0.4, -0.2) is 24.2 Å². The first-order chi connectivity index (χ1) is 12.5. The van der Waals surface area contributed by atoms with Crippen molar-refractivity contribution in [2.45, 2.75) is 32.1 Å². The summed E-state index contributed by atoms with van der Waals surface area (Å²) in [5, 5.41) is 13.5. The van der Waals surface area contributed by atoms with Gasteiger partial charge in [0.1, 0.15) is 0 Å². The first kappa shape index (κ1) is 20.6. The van der Waals surface area contributed by atoms with E-state index in [0.29, 0.717) is 32.8 Å². The highest BCUT2D eigenvalue weighted by Crippen LogP contribution is 2.39. The summed E-state index contributed by atoms with van der Waals surface area (Å²) in [5.41, 5.74) is 1.03. The standard InChI is InChI=1S/C18H18Cl2N2O3S/c1-2-3-6-25-17(24)10-26-18-14(9-21)13(8-16(23)22-18)12-5-4-11(19)7-15(12)20/h4-5,7,13H,2-3,6,8,10H2,1H3,(H,22,23)/t13-/m0/s1. The van der Waals surface area contributed by atoms with Gasteiger partial charge >= 0.3 is 5.97 Å². The van der Waals surface area contributed by atoms with Crippen molar-refractivity contribution in [2.75, 3.05) is 12.4 Å². The van der Waals surface area contributed by atoms with E-state index in [0.717, 1.165) is 24.6 Å². The summed E-state index contributed by atoms with van der Waals surface area (Å²) in [6, 6.07) is 7.11. The second kappa shape index (κ2) is 9.86. The van der Waals surface area contributed by atoms with E-state index in [4.69, 9.17) is 27.9 Å². The third-order valence-electron chi connectivity index (χ3n) is 3.79. The van der Waals surface area contributed by atoms with Gasteiger partial charge in [-0.25, -0.2) is 0 Å². The van der Waals surface area contributed by atoms with E-state index in [1.807, 2.05) is 6.92 Å². The lowest BCUT2D eigenvalue weighted by molar-refractivity contribution is -0.140. The highest BCUT2D eigenvalue weighted by Gasteiger charge is 2.31. The van der Waals surface area contributed by atoms with Gasteiger partial charge in [-0.1, -0.05) is 54.4 Å². The second-order valence-electron chi connectivity index (χ2n) is 5.69. The lowest BCUT2D eigenvalue weighted by Crippen LogP contribution is -2.31. The molecule has 0 bridgehead atoms. The minimum Gasteiger partial charge on any atom is -0.465 e. The maximum Gasteiger partial charge on any atom is 0.316 e. The topological polar surface area (TPSA) is 79.2 Å². The molecule has 2 rings (SSSR count). The van der Waals surface area contributed by atoms with E-state index in [-0.39, 0.29) is 24.1 Å². The molecule has 0 aromatic heterocycles. The molecule has 1 aromatic rings. The SMILES string of the molecule is CCCCOC(=O)CSC1=C(C#N)[C@H](c2ccc(Cl)cc2Cl)CC(=O)N1. The zero-order valence-electron chi connectivity index (χ0n) is 14.2. The number of hydrogen-bond acceptors (Lipinski definition) is 5. The van der Waals surface area contributed by atoms with Crippen LogP contribution in [0.25, 0.3) is 0 Å². The highest BCUT2D eigenvalue weighted by molar-refractivity contribution is 8.03. The van der Waals surface area contributed by atoms with Crippen LogP contribution in [-0.2, 0) is 14.3 Å². The van der Waals surface area contributed by atoms with Gasteiger partial charge in [-0.3, -0.25) is 9.59 Å². The summed E-state index contributed by atoms with van der Waals surface area (Å²) in [6.45, 7) is 2.38. The van der Waals surface area contributed by atoms with Gasteiger partial charge in [0.2, 0.25) is 5.91 Å². The minimum atomic E-state index is -0.475. The Balaban J connectivity index is 2.20. The van der Waals surface area contributed by atoms with Gasteiger partial charge in [0.25, 0.3) is 0 Å². The quantitative estimate of drug-likeness (QED) is 0.529. The Morgan fingerprint density at radius 1 is 1.46 bits per heavy atom.